The highest BCUT2D eigenvalue weighted by Crippen LogP contribution is 2.18. The van der Waals surface area contributed by atoms with Crippen molar-refractivity contribution in [3.8, 4) is 0 Å². The Morgan fingerprint density at radius 1 is 1.12 bits per heavy atom. The fourth-order valence-electron chi connectivity index (χ4n) is 2.94. The number of carbonyl (C=O) groups is 1. The average Bonchev–Trinajstić information content (AvgIpc) is 2.79. The predicted octanol–water partition coefficient (Wildman–Crippen LogP) is -1.02. The van der Waals surface area contributed by atoms with Gasteiger partial charge in [-0.15, -0.1) is 4.40 Å². The number of amidine groups is 1. The van der Waals surface area contributed by atoms with Crippen LogP contribution in [0.3, 0.4) is 0 Å². The van der Waals surface area contributed by atoms with Crippen LogP contribution in [0.15, 0.2) is 28.3 Å². The van der Waals surface area contributed by atoms with E-state index in [9.17, 15) is 21.6 Å². The lowest BCUT2D eigenvalue weighted by Gasteiger charge is -2.28. The molecule has 0 bridgehead atoms. The third kappa shape index (κ3) is 4.10. The zero-order chi connectivity index (χ0) is 18.2. The van der Waals surface area contributed by atoms with Crippen LogP contribution in [0.4, 0.5) is 0 Å². The number of carbonyl (C=O) groups excluding carboxylic acids is 1. The van der Waals surface area contributed by atoms with Gasteiger partial charge in [-0.05, 0) is 18.6 Å². The highest BCUT2D eigenvalue weighted by Gasteiger charge is 2.28. The average molecular weight is 388 g/mol. The van der Waals surface area contributed by atoms with E-state index in [-0.39, 0.29) is 24.7 Å². The van der Waals surface area contributed by atoms with Gasteiger partial charge in [-0.25, -0.2) is 21.1 Å². The third-order valence-corrected chi connectivity index (χ3v) is 6.75. The summed E-state index contributed by atoms with van der Waals surface area (Å²) in [6.07, 6.45) is 6.42. The van der Waals surface area contributed by atoms with E-state index in [0.29, 0.717) is 37.5 Å². The lowest BCUT2D eigenvalue weighted by atomic mass is 10.1. The molecule has 0 unspecified atom stereocenters. The quantitative estimate of drug-likeness (QED) is 0.599. The van der Waals surface area contributed by atoms with Gasteiger partial charge in [-0.2, -0.15) is 0 Å². The van der Waals surface area contributed by atoms with Gasteiger partial charge in [-0.3, -0.25) is 4.79 Å². The first-order valence-corrected chi connectivity index (χ1v) is 11.3. The van der Waals surface area contributed by atoms with Gasteiger partial charge in [0.2, 0.25) is 10.0 Å². The zero-order valence-corrected chi connectivity index (χ0v) is 15.5. The Morgan fingerprint density at radius 2 is 1.88 bits per heavy atom. The molecule has 1 fully saturated rings. The minimum absolute atomic E-state index is 0.0880. The molecule has 3 aliphatic heterocycles. The van der Waals surface area contributed by atoms with E-state index in [2.05, 4.69) is 4.40 Å². The SMILES string of the molecule is CS(=O)(=O)N1CCCN(C(=O)C2=CN3CCS(=O)(=O)N=C3C=C2)CC1. The fraction of sp³-hybridized carbons (Fsp3) is 0.571. The second kappa shape index (κ2) is 6.54. The van der Waals surface area contributed by atoms with Crippen LogP contribution in [0.25, 0.3) is 0 Å². The molecule has 0 aromatic heterocycles. The van der Waals surface area contributed by atoms with Crippen molar-refractivity contribution in [3.63, 3.8) is 0 Å². The van der Waals surface area contributed by atoms with Crippen molar-refractivity contribution in [3.05, 3.63) is 23.9 Å². The maximum atomic E-state index is 12.7. The van der Waals surface area contributed by atoms with Gasteiger partial charge in [0.15, 0.2) is 0 Å². The van der Waals surface area contributed by atoms with Gasteiger partial charge in [-0.1, -0.05) is 0 Å². The molecule has 25 heavy (non-hydrogen) atoms. The van der Waals surface area contributed by atoms with Gasteiger partial charge in [0.05, 0.1) is 17.6 Å². The van der Waals surface area contributed by atoms with Gasteiger partial charge >= 0.3 is 0 Å². The van der Waals surface area contributed by atoms with Crippen molar-refractivity contribution in [1.29, 1.82) is 0 Å². The Bertz CT molecular complexity index is 873. The molecule has 0 saturated carbocycles. The van der Waals surface area contributed by atoms with E-state index in [1.165, 1.54) is 16.6 Å². The van der Waals surface area contributed by atoms with Crippen molar-refractivity contribution < 1.29 is 21.6 Å². The molecule has 11 heteroatoms. The van der Waals surface area contributed by atoms with E-state index >= 15 is 0 Å². The molecule has 0 radical (unpaired) electrons. The van der Waals surface area contributed by atoms with Crippen molar-refractivity contribution in [2.24, 2.45) is 4.40 Å². The normalized spacial score (nSPS) is 24.2. The molecule has 0 spiro atoms. The molecule has 3 aliphatic rings. The van der Waals surface area contributed by atoms with Crippen molar-refractivity contribution in [2.45, 2.75) is 6.42 Å². The molecule has 138 valence electrons. The summed E-state index contributed by atoms with van der Waals surface area (Å²) in [6, 6.07) is 0. The van der Waals surface area contributed by atoms with Crippen LogP contribution in [-0.2, 0) is 24.8 Å². The molecule has 3 heterocycles. The Hall–Kier alpha value is -1.72. The maximum Gasteiger partial charge on any atom is 0.256 e. The van der Waals surface area contributed by atoms with Crippen molar-refractivity contribution >= 4 is 31.8 Å². The molecule has 0 aromatic rings. The smallest absolute Gasteiger partial charge is 0.256 e. The van der Waals surface area contributed by atoms with Gasteiger partial charge in [0.25, 0.3) is 15.9 Å². The molecule has 3 rings (SSSR count). The van der Waals surface area contributed by atoms with Gasteiger partial charge < -0.3 is 9.80 Å². The summed E-state index contributed by atoms with van der Waals surface area (Å²) in [5.74, 6) is 0.0241. The van der Waals surface area contributed by atoms with Gasteiger partial charge in [0, 0.05) is 38.9 Å². The topological polar surface area (TPSA) is 107 Å². The molecule has 1 amide bonds. The van der Waals surface area contributed by atoms with Gasteiger partial charge in [0.1, 0.15) is 5.84 Å². The summed E-state index contributed by atoms with van der Waals surface area (Å²) in [4.78, 5) is 16.0. The molecule has 0 aliphatic carbocycles. The minimum atomic E-state index is -3.43. The number of nitrogens with zero attached hydrogens (tertiary/aromatic N) is 4. The first-order valence-electron chi connectivity index (χ1n) is 7.89. The highest BCUT2D eigenvalue weighted by molar-refractivity contribution is 7.90. The van der Waals surface area contributed by atoms with Crippen LogP contribution in [0, 0.1) is 0 Å². The van der Waals surface area contributed by atoms with E-state index < -0.39 is 20.0 Å². The number of hydrogen-bond donors (Lipinski definition) is 0. The summed E-state index contributed by atoms with van der Waals surface area (Å²) in [5.41, 5.74) is 0.436. The summed E-state index contributed by atoms with van der Waals surface area (Å²) in [6.45, 7) is 1.73. The molecule has 0 atom stereocenters. The number of rotatable bonds is 2. The van der Waals surface area contributed by atoms with Crippen LogP contribution < -0.4 is 0 Å². The third-order valence-electron chi connectivity index (χ3n) is 4.28. The standard InChI is InChI=1S/C14H20N4O5S2/c1-24(20,21)18-6-2-5-16(7-8-18)14(19)12-3-4-13-15-25(22,23)10-9-17(13)11-12/h3-4,11H,2,5-10H2,1H3. The van der Waals surface area contributed by atoms with Crippen LogP contribution in [0.2, 0.25) is 0 Å². The van der Waals surface area contributed by atoms with Crippen LogP contribution in [0.5, 0.6) is 0 Å². The Labute approximate surface area is 147 Å². The largest absolute Gasteiger partial charge is 0.337 e. The lowest BCUT2D eigenvalue weighted by Crippen LogP contribution is -2.40. The summed E-state index contributed by atoms with van der Waals surface area (Å²) in [5, 5.41) is 0. The molecular weight excluding hydrogens is 368 g/mol. The predicted molar refractivity (Wildman–Crippen MR) is 92.8 cm³/mol. The number of hydrogen-bond acceptors (Lipinski definition) is 6. The summed E-state index contributed by atoms with van der Waals surface area (Å²) < 4.78 is 51.4. The monoisotopic (exact) mass is 388 g/mol. The maximum absolute atomic E-state index is 12.7. The lowest BCUT2D eigenvalue weighted by molar-refractivity contribution is -0.126. The zero-order valence-electron chi connectivity index (χ0n) is 13.8. The first-order chi connectivity index (χ1) is 11.7. The molecule has 9 nitrogen and oxygen atoms in total. The fourth-order valence-corrected chi connectivity index (χ4v) is 4.78. The Kier molecular flexibility index (Phi) is 4.73. The number of sulfonamides is 2. The first kappa shape index (κ1) is 18.1. The summed E-state index contributed by atoms with van der Waals surface area (Å²) in [7, 11) is -6.69. The molecular formula is C14H20N4O5S2. The van der Waals surface area contributed by atoms with Crippen LogP contribution in [-0.4, -0.2) is 87.4 Å². The Morgan fingerprint density at radius 3 is 2.60 bits per heavy atom. The van der Waals surface area contributed by atoms with Crippen molar-refractivity contribution in [1.82, 2.24) is 14.1 Å². The van der Waals surface area contributed by atoms with E-state index in [0.717, 1.165) is 0 Å². The second-order valence-electron chi connectivity index (χ2n) is 6.15. The van der Waals surface area contributed by atoms with E-state index in [4.69, 9.17) is 0 Å². The van der Waals surface area contributed by atoms with Crippen LogP contribution in [0.1, 0.15) is 6.42 Å². The number of amides is 1. The highest BCUT2D eigenvalue weighted by atomic mass is 32.2. The Balaban J connectivity index is 1.72. The van der Waals surface area contributed by atoms with Crippen molar-refractivity contribution in [2.75, 3.05) is 44.7 Å². The van der Waals surface area contributed by atoms with Crippen LogP contribution >= 0.6 is 0 Å². The molecule has 0 aromatic carbocycles. The second-order valence-corrected chi connectivity index (χ2v) is 9.89. The van der Waals surface area contributed by atoms with E-state index in [1.807, 2.05) is 0 Å². The number of fused-ring (bicyclic) bond motifs is 1. The molecule has 0 N–H and O–H groups in total. The van der Waals surface area contributed by atoms with E-state index in [1.54, 1.807) is 22.1 Å². The molecule has 1 saturated heterocycles. The minimum Gasteiger partial charge on any atom is -0.337 e. The summed E-state index contributed by atoms with van der Waals surface area (Å²) >= 11 is 0.